The Balaban J connectivity index is 0.000000160. The Bertz CT molecular complexity index is 5550. The summed E-state index contributed by atoms with van der Waals surface area (Å²) in [5.74, 6) is 2.53. The number of likely N-dealkylation sites (N-methyl/N-ethyl adjacent to an activating group) is 4. The zero-order chi connectivity index (χ0) is 108. The van der Waals surface area contributed by atoms with Gasteiger partial charge in [-0.2, -0.15) is 0 Å². The van der Waals surface area contributed by atoms with Crippen LogP contribution in [0.15, 0.2) is 255 Å². The molecule has 19 rings (SSSR count). The lowest BCUT2D eigenvalue weighted by Gasteiger charge is -2.44. The van der Waals surface area contributed by atoms with Crippen molar-refractivity contribution in [1.82, 2.24) is 41.7 Å². The molecule has 1 aliphatic heterocycles. The van der Waals surface area contributed by atoms with Crippen LogP contribution in [0.25, 0.3) is 0 Å². The van der Waals surface area contributed by atoms with Gasteiger partial charge in [-0.1, -0.05) is 325 Å². The van der Waals surface area contributed by atoms with E-state index >= 15 is 0 Å². The highest BCUT2D eigenvalue weighted by atomic mass is 19.1. The number of carbonyl (C=O) groups is 9. The number of likely N-dealkylation sites (tertiary alicyclic amines) is 1. The predicted octanol–water partition coefficient (Wildman–Crippen LogP) is 22.9. The van der Waals surface area contributed by atoms with Crippen LogP contribution < -0.4 is 37.6 Å². The third kappa shape index (κ3) is 29.3. The largest absolute Gasteiger partial charge is 0.395 e. The zero-order valence-electron chi connectivity index (χ0n) is 91.7. The topological polar surface area (TPSA) is 288 Å². The minimum absolute atomic E-state index is 0.0574. The maximum atomic E-state index is 13.2. The van der Waals surface area contributed by atoms with E-state index in [1.165, 1.54) is 53.6 Å². The van der Waals surface area contributed by atoms with Crippen LogP contribution in [0.2, 0.25) is 0 Å². The SMILES string of the molecule is CC(C)NC1(c2ccccc2)CCCCC1=O.CCN(CC)C1(c2ccccc2)CCCCC1=O.CNC1(c2ccc(C)cc2)CCCCC1=O.CNC1(c2cccc(C)c2)CCCCC1=O.CNC1(c2cccc(F)c2)CCCCC1=O.COCCNC1(c2ccccc2)CCCCC1=O.NC1(c2ccccc2)CCCCC1=O.O=C1CCCCC1(NCCO)c1ccccc1.O=C1CCCCC1(c1ccccc1)N1CCCC1. The van der Waals surface area contributed by atoms with Crippen LogP contribution in [0.3, 0.4) is 0 Å². The Morgan fingerprint density at radius 2 is 0.660 bits per heavy atom. The van der Waals surface area contributed by atoms with E-state index in [4.69, 9.17) is 15.6 Å². The Kier molecular flexibility index (Phi) is 47.2. The number of nitrogens with one attached hydrogen (secondary N) is 6. The molecule has 9 N–H and O–H groups in total. The number of Topliss-reactive ketones (excluding diaryl/α,β-unsaturated/α-hetero) is 9. The second-order valence-electron chi connectivity index (χ2n) is 42.7. The molecule has 808 valence electrons. The molecule has 0 amide bonds. The maximum Gasteiger partial charge on any atom is 0.157 e. The molecule has 1 saturated heterocycles. The van der Waals surface area contributed by atoms with E-state index in [2.05, 4.69) is 174 Å². The van der Waals surface area contributed by atoms with Crippen molar-refractivity contribution in [3.8, 4) is 0 Å². The van der Waals surface area contributed by atoms with Crippen LogP contribution >= 0.6 is 0 Å². The van der Waals surface area contributed by atoms with Gasteiger partial charge in [-0.15, -0.1) is 0 Å². The number of methoxy groups -OCH3 is 1. The van der Waals surface area contributed by atoms with E-state index in [9.17, 15) is 47.5 Å². The minimum atomic E-state index is -0.709. The monoisotopic (exact) mass is 2040 g/mol. The van der Waals surface area contributed by atoms with Crippen LogP contribution in [0.1, 0.15) is 333 Å². The normalized spacial score (nSPS) is 25.9. The van der Waals surface area contributed by atoms with Gasteiger partial charge in [0.05, 0.1) is 13.2 Å². The number of ketones is 9. The number of benzene rings is 9. The molecule has 0 aromatic heterocycles. The Morgan fingerprint density at radius 1 is 0.333 bits per heavy atom. The average Bonchev–Trinajstić information content (AvgIpc) is 1.27. The molecule has 9 saturated carbocycles. The van der Waals surface area contributed by atoms with Gasteiger partial charge >= 0.3 is 0 Å². The highest BCUT2D eigenvalue weighted by molar-refractivity contribution is 5.95. The fraction of sp³-hybridized carbons (Fsp3) is 0.512. The number of hydrogen-bond donors (Lipinski definition) is 8. The molecule has 9 unspecified atom stereocenters. The molecule has 10 aliphatic rings. The van der Waals surface area contributed by atoms with Gasteiger partial charge in [0.1, 0.15) is 55.7 Å². The summed E-state index contributed by atoms with van der Waals surface area (Å²) in [7, 11) is 7.24. The van der Waals surface area contributed by atoms with E-state index in [0.717, 1.165) is 245 Å². The van der Waals surface area contributed by atoms with Crippen LogP contribution in [0.5, 0.6) is 0 Å². The summed E-state index contributed by atoms with van der Waals surface area (Å²) < 4.78 is 18.3. The second-order valence-corrected chi connectivity index (χ2v) is 42.7. The first-order valence-corrected chi connectivity index (χ1v) is 56.4. The summed E-state index contributed by atoms with van der Waals surface area (Å²) in [6, 6.07) is 83.9. The highest BCUT2D eigenvalue weighted by Gasteiger charge is 2.51. The molecule has 9 aromatic carbocycles. The molecule has 21 heteroatoms. The minimum Gasteiger partial charge on any atom is -0.395 e. The molecule has 150 heavy (non-hydrogen) atoms. The number of ether oxygens (including phenoxy) is 1. The summed E-state index contributed by atoms with van der Waals surface area (Å²) in [4.78, 5) is 115. The molecule has 0 radical (unpaired) electrons. The smallest absolute Gasteiger partial charge is 0.157 e. The second kappa shape index (κ2) is 59.1. The Morgan fingerprint density at radius 3 is 1.03 bits per heavy atom. The summed E-state index contributed by atoms with van der Waals surface area (Å²) in [6.45, 7) is 18.5. The molecular weight excluding hydrogens is 1870 g/mol. The molecule has 10 fully saturated rings. The van der Waals surface area contributed by atoms with Crippen LogP contribution in [-0.4, -0.2) is 154 Å². The molecule has 0 spiro atoms. The predicted molar refractivity (Wildman–Crippen MR) is 602 cm³/mol. The van der Waals surface area contributed by atoms with E-state index in [0.29, 0.717) is 105 Å². The van der Waals surface area contributed by atoms with Gasteiger partial charge in [0.15, 0.2) is 52.0 Å². The molecule has 1 heterocycles. The Labute approximate surface area is 895 Å². The Hall–Kier alpha value is -10.5. The number of hydrogen-bond acceptors (Lipinski definition) is 20. The van der Waals surface area contributed by atoms with Gasteiger partial charge in [0.2, 0.25) is 0 Å². The highest BCUT2D eigenvalue weighted by Crippen LogP contribution is 2.46. The van der Waals surface area contributed by atoms with Crippen LogP contribution in [-0.2, 0) is 97.7 Å². The molecule has 9 atom stereocenters. The quantitative estimate of drug-likeness (QED) is 0.0247. The first kappa shape index (κ1) is 120. The summed E-state index contributed by atoms with van der Waals surface area (Å²) >= 11 is 0. The number of rotatable bonds is 25. The van der Waals surface area contributed by atoms with E-state index < -0.39 is 38.8 Å². The number of aliphatic hydroxyl groups excluding tert-OH is 1. The van der Waals surface area contributed by atoms with Crippen molar-refractivity contribution in [1.29, 1.82) is 0 Å². The first-order chi connectivity index (χ1) is 72.6. The van der Waals surface area contributed by atoms with Crippen molar-refractivity contribution in [2.24, 2.45) is 5.73 Å². The summed E-state index contributed by atoms with van der Waals surface area (Å²) in [5, 5.41) is 28.8. The van der Waals surface area contributed by atoms with Gasteiger partial charge in [0, 0.05) is 84.0 Å². The number of carbonyl (C=O) groups excluding carboxylic acids is 9. The standard InChI is InChI=1S/C16H21NO.C16H23NO.C15H21NO2.C15H21NO.C14H19NO2.2C14H19NO.C13H16FNO.C12H15NO/c18-15-10-4-5-11-16(15,17-12-6-7-13-17)14-8-2-1-3-9-14;1-3-17(4-2)16(13-9-8-12-15(16)18)14-10-6-5-7-11-14;1-18-12-11-16-15(10-6-5-9-14(15)17)13-7-3-2-4-8-13;1-12(2)16-15(11-7-6-10-14(15)17)13-8-4-3-5-9-13;16-11-10-15-14(9-5-4-8-13(14)17)12-6-2-1-3-7-12;1-11-6-5-7-12(10-11)14(15-2)9-4-3-8-13(14)16;1-11-6-8-12(9-7-11)14(15-2)10-4-3-5-13(14)16;1-15-13(8-3-2-7-12(13)16)10-5-4-6-11(14)9-10;13-12(9-5-4-8-11(12)14)10-6-2-1-3-7-10/h1-3,8-9H,4-7,10-13H2;5-7,10-11H,3-4,8-9,12-13H2,1-2H3;2-4,7-8,16H,5-6,9-12H2,1H3;3-5,8-9,12,16H,6-7,10-11H2,1-2H3;1-3,6-7,15-16H,4-5,8-11H2;5-7,10,15H,3-4,8-9H2,1-2H3;6-9,15H,3-5,10H2,1-2H3;4-6,9,15H,2-3,7-8H2,1H3;1-3,6-7H,4-5,8-9,13H2. The molecule has 9 aliphatic carbocycles. The van der Waals surface area contributed by atoms with Gasteiger partial charge in [-0.25, -0.2) is 4.39 Å². The van der Waals surface area contributed by atoms with Crippen molar-refractivity contribution in [3.05, 3.63) is 322 Å². The lowest BCUT2D eigenvalue weighted by Crippen LogP contribution is -2.53. The first-order valence-electron chi connectivity index (χ1n) is 56.4. The van der Waals surface area contributed by atoms with E-state index in [-0.39, 0.29) is 40.9 Å². The van der Waals surface area contributed by atoms with Crippen molar-refractivity contribution < 1.29 is 57.4 Å². The van der Waals surface area contributed by atoms with Gasteiger partial charge < -0.3 is 31.5 Å². The van der Waals surface area contributed by atoms with E-state index in [1.54, 1.807) is 20.2 Å². The summed E-state index contributed by atoms with van der Waals surface area (Å²) in [5.41, 5.74) is 13.8. The molecule has 0 bridgehead atoms. The van der Waals surface area contributed by atoms with Crippen molar-refractivity contribution in [2.45, 2.75) is 341 Å². The fourth-order valence-corrected chi connectivity index (χ4v) is 24.9. The number of aryl methyl sites for hydroxylation is 2. The van der Waals surface area contributed by atoms with E-state index in [1.807, 2.05) is 160 Å². The number of nitrogens with two attached hydrogens (primary N) is 1. The number of halogens is 1. The van der Waals surface area contributed by atoms with Crippen LogP contribution in [0.4, 0.5) is 4.39 Å². The zero-order valence-corrected chi connectivity index (χ0v) is 91.7. The third-order valence-corrected chi connectivity index (χ3v) is 33.1. The summed E-state index contributed by atoms with van der Waals surface area (Å²) in [6.07, 6.45) is 35.7. The molecule has 20 nitrogen and oxygen atoms in total. The van der Waals surface area contributed by atoms with Crippen LogP contribution in [0, 0.1) is 19.7 Å². The number of nitrogens with zero attached hydrogens (tertiary/aromatic N) is 2. The lowest BCUT2D eigenvalue weighted by molar-refractivity contribution is -0.135. The number of aliphatic hydroxyl groups is 1. The van der Waals surface area contributed by atoms with Gasteiger partial charge in [0.25, 0.3) is 0 Å². The van der Waals surface area contributed by atoms with Crippen molar-refractivity contribution in [2.75, 3.05) is 80.7 Å². The van der Waals surface area contributed by atoms with Crippen molar-refractivity contribution in [3.63, 3.8) is 0 Å². The maximum absolute atomic E-state index is 13.2. The molecular formula is C129H174FN9O11. The van der Waals surface area contributed by atoms with Crippen molar-refractivity contribution >= 4 is 52.0 Å². The lowest BCUT2D eigenvalue weighted by atomic mass is 9.74. The third-order valence-electron chi connectivity index (χ3n) is 33.1. The van der Waals surface area contributed by atoms with Gasteiger partial charge in [-0.3, -0.25) is 68.9 Å². The fourth-order valence-electron chi connectivity index (χ4n) is 24.9. The van der Waals surface area contributed by atoms with Gasteiger partial charge in [-0.05, 0) is 266 Å². The molecule has 9 aromatic rings. The average molecular weight is 2050 g/mol.